The molecule has 0 spiro atoms. The van der Waals surface area contributed by atoms with Crippen molar-refractivity contribution in [2.75, 3.05) is 19.6 Å². The fourth-order valence-electron chi connectivity index (χ4n) is 6.17. The monoisotopic (exact) mass is 478 g/mol. The maximum atomic E-state index is 4.88. The van der Waals surface area contributed by atoms with Gasteiger partial charge in [-0.15, -0.1) is 0 Å². The Labute approximate surface area is 213 Å². The van der Waals surface area contributed by atoms with Gasteiger partial charge in [0.2, 0.25) is 0 Å². The second kappa shape index (κ2) is 10.3. The summed E-state index contributed by atoms with van der Waals surface area (Å²) in [7, 11) is 2.11. The van der Waals surface area contributed by atoms with Crippen LogP contribution in [0, 0.1) is 5.92 Å². The molecular formula is C30H34N6. The first-order chi connectivity index (χ1) is 17.7. The number of pyridine rings is 2. The molecule has 0 N–H and O–H groups in total. The molecule has 0 amide bonds. The first-order valence-electron chi connectivity index (χ1n) is 13.1. The number of fused-ring (bicyclic) bond motifs is 3. The Hall–Kier alpha value is -3.35. The summed E-state index contributed by atoms with van der Waals surface area (Å²) in [6, 6.07) is 25.8. The predicted molar refractivity (Wildman–Crippen MR) is 142 cm³/mol. The van der Waals surface area contributed by atoms with Crippen LogP contribution < -0.4 is 0 Å². The van der Waals surface area contributed by atoms with Gasteiger partial charge in [0.1, 0.15) is 0 Å². The molecule has 7 rings (SSSR count). The van der Waals surface area contributed by atoms with Crippen molar-refractivity contribution in [2.45, 2.75) is 37.9 Å². The smallest absolute Gasteiger partial charge is 0.0926 e. The largest absolute Gasteiger partial charge is 0.298 e. The van der Waals surface area contributed by atoms with Crippen LogP contribution in [0.5, 0.6) is 0 Å². The number of aromatic nitrogens is 4. The summed E-state index contributed by atoms with van der Waals surface area (Å²) in [6.07, 6.45) is 6.29. The van der Waals surface area contributed by atoms with E-state index in [2.05, 4.69) is 92.2 Å². The third-order valence-electron chi connectivity index (χ3n) is 7.94. The lowest BCUT2D eigenvalue weighted by molar-refractivity contribution is 0.00727. The minimum Gasteiger partial charge on any atom is -0.298 e. The Morgan fingerprint density at radius 1 is 0.889 bits per heavy atom. The van der Waals surface area contributed by atoms with E-state index >= 15 is 0 Å². The number of piperidine rings is 3. The quantitative estimate of drug-likeness (QED) is 0.366. The highest BCUT2D eigenvalue weighted by Gasteiger charge is 2.42. The van der Waals surface area contributed by atoms with Gasteiger partial charge in [0, 0.05) is 68.8 Å². The van der Waals surface area contributed by atoms with Crippen LogP contribution in [0.15, 0.2) is 85.2 Å². The van der Waals surface area contributed by atoms with Crippen LogP contribution in [0.2, 0.25) is 0 Å². The van der Waals surface area contributed by atoms with Crippen molar-refractivity contribution in [1.29, 1.82) is 0 Å². The first kappa shape index (κ1) is 23.1. The zero-order chi connectivity index (χ0) is 24.3. The molecule has 6 nitrogen and oxygen atoms in total. The number of hydrogen-bond acceptors (Lipinski definition) is 5. The summed E-state index contributed by atoms with van der Waals surface area (Å²) < 4.78 is 2.12. The predicted octanol–water partition coefficient (Wildman–Crippen LogP) is 4.76. The molecule has 0 aliphatic carbocycles. The third kappa shape index (κ3) is 4.97. The van der Waals surface area contributed by atoms with E-state index in [1.807, 2.05) is 24.5 Å². The van der Waals surface area contributed by atoms with Crippen molar-refractivity contribution in [3.8, 4) is 11.3 Å². The molecule has 6 heteroatoms. The Kier molecular flexibility index (Phi) is 6.62. The summed E-state index contributed by atoms with van der Waals surface area (Å²) in [5.41, 5.74) is 5.88. The van der Waals surface area contributed by atoms with Crippen molar-refractivity contribution < 1.29 is 0 Å². The SMILES string of the molecule is Cn1nc(-c2ccccc2)cc1[C@H]1CN2CC[C@H]1C[C@@H]2CN(Cc1ccccn1)Cc1ccccn1. The molecule has 0 saturated carbocycles. The van der Waals surface area contributed by atoms with Gasteiger partial charge in [-0.3, -0.25) is 24.4 Å². The number of hydrogen-bond donors (Lipinski definition) is 0. The molecule has 6 heterocycles. The van der Waals surface area contributed by atoms with Gasteiger partial charge < -0.3 is 0 Å². The molecule has 4 aromatic rings. The average Bonchev–Trinajstić information content (AvgIpc) is 3.32. The molecule has 1 unspecified atom stereocenters. The molecule has 3 saturated heterocycles. The molecule has 2 bridgehead atoms. The molecule has 3 aromatic heterocycles. The molecule has 184 valence electrons. The van der Waals surface area contributed by atoms with Gasteiger partial charge in [0.25, 0.3) is 0 Å². The second-order valence-corrected chi connectivity index (χ2v) is 10.3. The third-order valence-corrected chi connectivity index (χ3v) is 7.94. The van der Waals surface area contributed by atoms with Gasteiger partial charge in [-0.2, -0.15) is 5.10 Å². The van der Waals surface area contributed by atoms with Gasteiger partial charge >= 0.3 is 0 Å². The Balaban J connectivity index is 1.18. The van der Waals surface area contributed by atoms with E-state index in [0.29, 0.717) is 17.9 Å². The van der Waals surface area contributed by atoms with Crippen LogP contribution in [0.25, 0.3) is 11.3 Å². The van der Waals surface area contributed by atoms with E-state index in [-0.39, 0.29) is 0 Å². The normalized spacial score (nSPS) is 23.3. The number of nitrogens with zero attached hydrogens (tertiary/aromatic N) is 6. The van der Waals surface area contributed by atoms with Crippen LogP contribution in [-0.2, 0) is 20.1 Å². The second-order valence-electron chi connectivity index (χ2n) is 10.3. The lowest BCUT2D eigenvalue weighted by Gasteiger charge is -2.51. The van der Waals surface area contributed by atoms with E-state index in [1.54, 1.807) is 0 Å². The van der Waals surface area contributed by atoms with Gasteiger partial charge in [-0.25, -0.2) is 0 Å². The molecule has 3 aliphatic heterocycles. The minimum atomic E-state index is 0.546. The fourth-order valence-corrected chi connectivity index (χ4v) is 6.17. The van der Waals surface area contributed by atoms with Crippen molar-refractivity contribution in [2.24, 2.45) is 13.0 Å². The van der Waals surface area contributed by atoms with Crippen molar-refractivity contribution in [3.63, 3.8) is 0 Å². The number of aryl methyl sites for hydroxylation is 1. The Morgan fingerprint density at radius 2 is 1.58 bits per heavy atom. The lowest BCUT2D eigenvalue weighted by atomic mass is 9.74. The van der Waals surface area contributed by atoms with Crippen LogP contribution in [0.4, 0.5) is 0 Å². The van der Waals surface area contributed by atoms with E-state index < -0.39 is 0 Å². The maximum absolute atomic E-state index is 4.88. The minimum absolute atomic E-state index is 0.546. The standard InChI is InChI=1S/C30H34N6/c1-34-30(18-29(33-34)23-9-3-2-4-10-23)28-22-36-16-13-24(28)17-27(36)21-35(19-25-11-5-7-14-31-25)20-26-12-6-8-15-32-26/h2-12,14-15,18,24,27-28H,13,16-17,19-22H2,1H3/t24-,27+,28-/m0/s1. The number of rotatable bonds is 8. The molecule has 4 atom stereocenters. The topological polar surface area (TPSA) is 50.1 Å². The molecule has 1 aromatic carbocycles. The van der Waals surface area contributed by atoms with Crippen molar-refractivity contribution >= 4 is 0 Å². The highest BCUT2D eigenvalue weighted by Crippen LogP contribution is 2.42. The first-order valence-corrected chi connectivity index (χ1v) is 13.1. The maximum Gasteiger partial charge on any atom is 0.0926 e. The van der Waals surface area contributed by atoms with Crippen LogP contribution >= 0.6 is 0 Å². The zero-order valence-corrected chi connectivity index (χ0v) is 20.9. The molecule has 0 radical (unpaired) electrons. The summed E-state index contributed by atoms with van der Waals surface area (Å²) in [4.78, 5) is 14.5. The molecule has 3 aliphatic rings. The van der Waals surface area contributed by atoms with Crippen molar-refractivity contribution in [3.05, 3.63) is 102 Å². The molecule has 3 fully saturated rings. The van der Waals surface area contributed by atoms with E-state index in [4.69, 9.17) is 5.10 Å². The highest BCUT2D eigenvalue weighted by atomic mass is 15.3. The molecule has 36 heavy (non-hydrogen) atoms. The van der Waals surface area contributed by atoms with Crippen LogP contribution in [0.1, 0.15) is 35.8 Å². The summed E-state index contributed by atoms with van der Waals surface area (Å²) in [5.74, 6) is 1.25. The van der Waals surface area contributed by atoms with Crippen LogP contribution in [-0.4, -0.2) is 55.2 Å². The molecular weight excluding hydrogens is 444 g/mol. The van der Waals surface area contributed by atoms with E-state index in [0.717, 1.165) is 43.3 Å². The zero-order valence-electron chi connectivity index (χ0n) is 20.9. The van der Waals surface area contributed by atoms with Gasteiger partial charge in [-0.05, 0) is 55.6 Å². The van der Waals surface area contributed by atoms with Crippen LogP contribution in [0.3, 0.4) is 0 Å². The summed E-state index contributed by atoms with van der Waals surface area (Å²) in [6.45, 7) is 5.04. The van der Waals surface area contributed by atoms with Gasteiger partial charge in [0.15, 0.2) is 0 Å². The van der Waals surface area contributed by atoms with Crippen molar-refractivity contribution in [1.82, 2.24) is 29.5 Å². The van der Waals surface area contributed by atoms with Gasteiger partial charge in [-0.1, -0.05) is 42.5 Å². The fraction of sp³-hybridized carbons (Fsp3) is 0.367. The highest BCUT2D eigenvalue weighted by molar-refractivity contribution is 5.59. The summed E-state index contributed by atoms with van der Waals surface area (Å²) >= 11 is 0. The lowest BCUT2D eigenvalue weighted by Crippen LogP contribution is -2.56. The average molecular weight is 479 g/mol. The van der Waals surface area contributed by atoms with E-state index in [9.17, 15) is 0 Å². The van der Waals surface area contributed by atoms with E-state index in [1.165, 1.54) is 30.6 Å². The van der Waals surface area contributed by atoms with Gasteiger partial charge in [0.05, 0.1) is 17.1 Å². The number of benzene rings is 1. The Morgan fingerprint density at radius 3 is 2.19 bits per heavy atom. The Bertz CT molecular complexity index is 1220. The summed E-state index contributed by atoms with van der Waals surface area (Å²) in [5, 5.41) is 4.88.